The number of aromatic nitrogens is 2. The summed E-state index contributed by atoms with van der Waals surface area (Å²) in [5.41, 5.74) is 0.992. The first-order chi connectivity index (χ1) is 14.0. The second-order valence-corrected chi connectivity index (χ2v) is 7.51. The molecule has 2 aromatic heterocycles. The van der Waals surface area contributed by atoms with Crippen molar-refractivity contribution in [1.29, 1.82) is 0 Å². The molecule has 0 aliphatic carbocycles. The van der Waals surface area contributed by atoms with Gasteiger partial charge in [0.15, 0.2) is 0 Å². The molecule has 9 heteroatoms. The average Bonchev–Trinajstić information content (AvgIpc) is 3.30. The van der Waals surface area contributed by atoms with Crippen molar-refractivity contribution < 1.29 is 14.3 Å². The van der Waals surface area contributed by atoms with Crippen LogP contribution in [0.5, 0.6) is 5.75 Å². The minimum Gasteiger partial charge on any atom is -0.495 e. The van der Waals surface area contributed by atoms with E-state index in [0.29, 0.717) is 42.9 Å². The van der Waals surface area contributed by atoms with E-state index in [4.69, 9.17) is 16.3 Å². The number of rotatable bonds is 5. The zero-order valence-electron chi connectivity index (χ0n) is 15.2. The van der Waals surface area contributed by atoms with Gasteiger partial charge in [0.1, 0.15) is 16.4 Å². The maximum atomic E-state index is 12.6. The molecule has 0 bridgehead atoms. The summed E-state index contributed by atoms with van der Waals surface area (Å²) in [5, 5.41) is 13.7. The van der Waals surface area contributed by atoms with E-state index >= 15 is 0 Å². The second-order valence-electron chi connectivity index (χ2n) is 6.05. The van der Waals surface area contributed by atoms with Crippen LogP contribution in [0.2, 0.25) is 5.02 Å². The molecule has 29 heavy (non-hydrogen) atoms. The molecule has 0 saturated heterocycles. The summed E-state index contributed by atoms with van der Waals surface area (Å²) in [5.74, 6) is 0.365. The Balaban J connectivity index is 1.55. The van der Waals surface area contributed by atoms with Gasteiger partial charge in [-0.1, -0.05) is 29.8 Å². The fraction of sp³-hybridized carbons (Fsp3) is 0.0500. The van der Waals surface area contributed by atoms with Gasteiger partial charge < -0.3 is 15.4 Å². The number of methoxy groups -OCH3 is 1. The fourth-order valence-electron chi connectivity index (χ4n) is 2.76. The van der Waals surface area contributed by atoms with Gasteiger partial charge in [0, 0.05) is 10.6 Å². The number of H-pyrrole nitrogens is 1. The van der Waals surface area contributed by atoms with E-state index in [-0.39, 0.29) is 11.8 Å². The number of hydrogen-bond acceptors (Lipinski definition) is 5. The van der Waals surface area contributed by atoms with Crippen LogP contribution in [0.1, 0.15) is 20.0 Å². The zero-order valence-corrected chi connectivity index (χ0v) is 16.7. The number of nitrogens with one attached hydrogen (secondary N) is 3. The van der Waals surface area contributed by atoms with Gasteiger partial charge in [-0.3, -0.25) is 14.7 Å². The predicted molar refractivity (Wildman–Crippen MR) is 114 cm³/mol. The highest BCUT2D eigenvalue weighted by molar-refractivity contribution is 7.20. The van der Waals surface area contributed by atoms with Crippen molar-refractivity contribution in [3.05, 3.63) is 70.1 Å². The van der Waals surface area contributed by atoms with E-state index in [9.17, 15) is 9.59 Å². The lowest BCUT2D eigenvalue weighted by Gasteiger charge is -2.08. The number of benzene rings is 2. The van der Waals surface area contributed by atoms with Crippen LogP contribution in [0.25, 0.3) is 10.2 Å². The van der Waals surface area contributed by atoms with Crippen LogP contribution in [0.3, 0.4) is 0 Å². The molecule has 0 radical (unpaired) electrons. The fourth-order valence-corrected chi connectivity index (χ4v) is 3.85. The Labute approximate surface area is 174 Å². The quantitative estimate of drug-likeness (QED) is 0.427. The van der Waals surface area contributed by atoms with E-state index in [1.807, 2.05) is 12.1 Å². The number of carbonyl (C=O) groups excluding carboxylic acids is 2. The molecule has 0 fully saturated rings. The van der Waals surface area contributed by atoms with E-state index in [1.54, 1.807) is 49.6 Å². The molecule has 2 amide bonds. The van der Waals surface area contributed by atoms with E-state index < -0.39 is 0 Å². The van der Waals surface area contributed by atoms with Crippen LogP contribution in [0.4, 0.5) is 11.5 Å². The number of para-hydroxylation sites is 2. The Kier molecular flexibility index (Phi) is 5.20. The number of amides is 2. The van der Waals surface area contributed by atoms with Gasteiger partial charge >= 0.3 is 0 Å². The van der Waals surface area contributed by atoms with Crippen LogP contribution in [0.15, 0.2) is 54.6 Å². The lowest BCUT2D eigenvalue weighted by atomic mass is 10.2. The topological polar surface area (TPSA) is 96.1 Å². The number of fused-ring (bicyclic) bond motifs is 1. The number of carbonyl (C=O) groups is 2. The minimum atomic E-state index is -0.329. The molecule has 4 aromatic rings. The number of halogens is 1. The Morgan fingerprint density at radius 1 is 1.07 bits per heavy atom. The smallest absolute Gasteiger partial charge is 0.265 e. The third-order valence-corrected chi connectivity index (χ3v) is 5.42. The lowest BCUT2D eigenvalue weighted by Crippen LogP contribution is -2.12. The molecule has 3 N–H and O–H groups in total. The van der Waals surface area contributed by atoms with E-state index in [2.05, 4.69) is 20.8 Å². The van der Waals surface area contributed by atoms with E-state index in [1.165, 1.54) is 11.3 Å². The minimum absolute atomic E-state index is 0.287. The monoisotopic (exact) mass is 426 g/mol. The number of anilines is 2. The highest BCUT2D eigenvalue weighted by atomic mass is 35.5. The summed E-state index contributed by atoms with van der Waals surface area (Å²) in [6.45, 7) is 0. The van der Waals surface area contributed by atoms with Crippen molar-refractivity contribution in [2.75, 3.05) is 17.7 Å². The molecule has 0 atom stereocenters. The molecule has 0 aliphatic heterocycles. The third kappa shape index (κ3) is 3.94. The first-order valence-corrected chi connectivity index (χ1v) is 9.74. The van der Waals surface area contributed by atoms with Crippen molar-refractivity contribution in [2.45, 2.75) is 0 Å². The summed E-state index contributed by atoms with van der Waals surface area (Å²) in [6.07, 6.45) is 0. The van der Waals surface area contributed by atoms with Crippen molar-refractivity contribution in [1.82, 2.24) is 10.2 Å². The molecule has 0 spiro atoms. The summed E-state index contributed by atoms with van der Waals surface area (Å²) in [4.78, 5) is 26.2. The van der Waals surface area contributed by atoms with Gasteiger partial charge in [-0.05, 0) is 36.4 Å². The van der Waals surface area contributed by atoms with Gasteiger partial charge in [0.2, 0.25) is 0 Å². The molecule has 0 saturated carbocycles. The molecule has 146 valence electrons. The molecule has 0 unspecified atom stereocenters. The highest BCUT2D eigenvalue weighted by Gasteiger charge is 2.18. The first-order valence-electron chi connectivity index (χ1n) is 8.54. The maximum Gasteiger partial charge on any atom is 0.265 e. The molecule has 2 heterocycles. The number of ether oxygens (including phenoxy) is 1. The third-order valence-electron chi connectivity index (χ3n) is 4.16. The number of nitrogens with zero attached hydrogens (tertiary/aromatic N) is 1. The first kappa shape index (κ1) is 19.0. The largest absolute Gasteiger partial charge is 0.495 e. The molecule has 2 aromatic carbocycles. The number of aromatic amines is 1. The molecule has 0 aliphatic rings. The van der Waals surface area contributed by atoms with Crippen molar-refractivity contribution in [3.8, 4) is 5.75 Å². The number of thiophene rings is 1. The van der Waals surface area contributed by atoms with Crippen LogP contribution >= 0.6 is 22.9 Å². The summed E-state index contributed by atoms with van der Waals surface area (Å²) >= 11 is 7.16. The SMILES string of the molecule is COc1ccccc1NC(=O)c1cc2c(NC(=O)c3cccc(Cl)c3)[nH]nc2s1. The Morgan fingerprint density at radius 3 is 2.69 bits per heavy atom. The zero-order chi connectivity index (χ0) is 20.4. The van der Waals surface area contributed by atoms with Crippen molar-refractivity contribution in [2.24, 2.45) is 0 Å². The molecular formula is C20H15ClN4O3S. The highest BCUT2D eigenvalue weighted by Crippen LogP contribution is 2.31. The van der Waals surface area contributed by atoms with Gasteiger partial charge in [-0.2, -0.15) is 5.10 Å². The normalized spacial score (nSPS) is 10.7. The van der Waals surface area contributed by atoms with Gasteiger partial charge in [0.05, 0.1) is 23.1 Å². The summed E-state index contributed by atoms with van der Waals surface area (Å²) in [6, 6.07) is 15.5. The van der Waals surface area contributed by atoms with Crippen molar-refractivity contribution >= 4 is 56.5 Å². The van der Waals surface area contributed by atoms with Gasteiger partial charge in [-0.15, -0.1) is 11.3 Å². The van der Waals surface area contributed by atoms with Crippen LogP contribution < -0.4 is 15.4 Å². The van der Waals surface area contributed by atoms with Crippen LogP contribution in [-0.2, 0) is 0 Å². The van der Waals surface area contributed by atoms with E-state index in [0.717, 1.165) is 0 Å². The van der Waals surface area contributed by atoms with Gasteiger partial charge in [0.25, 0.3) is 11.8 Å². The van der Waals surface area contributed by atoms with Crippen LogP contribution in [-0.4, -0.2) is 29.1 Å². The van der Waals surface area contributed by atoms with Gasteiger partial charge in [-0.25, -0.2) is 0 Å². The van der Waals surface area contributed by atoms with Crippen LogP contribution in [0, 0.1) is 0 Å². The summed E-state index contributed by atoms with van der Waals surface area (Å²) in [7, 11) is 1.54. The maximum absolute atomic E-state index is 12.6. The van der Waals surface area contributed by atoms with Crippen molar-refractivity contribution in [3.63, 3.8) is 0 Å². The lowest BCUT2D eigenvalue weighted by molar-refractivity contribution is 0.102. The molecule has 4 rings (SSSR count). The Bertz CT molecular complexity index is 1220. The summed E-state index contributed by atoms with van der Waals surface area (Å²) < 4.78 is 5.25. The number of hydrogen-bond donors (Lipinski definition) is 3. The predicted octanol–water partition coefficient (Wildman–Crippen LogP) is 4.79. The average molecular weight is 427 g/mol. The Hall–Kier alpha value is -3.36. The Morgan fingerprint density at radius 2 is 1.90 bits per heavy atom. The molecular weight excluding hydrogens is 412 g/mol. The standard InChI is InChI=1S/C20H15ClN4O3S/c1-28-15-8-3-2-7-14(15)22-19(27)16-10-13-17(24-25-20(13)29-16)23-18(26)11-5-4-6-12(21)9-11/h2-10H,1H3,(H,22,27)(H2,23,24,25,26). The second kappa shape index (κ2) is 7.94. The molecule has 7 nitrogen and oxygen atoms in total.